The van der Waals surface area contributed by atoms with Crippen molar-refractivity contribution < 1.29 is 13.9 Å². The first-order valence-electron chi connectivity index (χ1n) is 10.7. The van der Waals surface area contributed by atoms with Crippen LogP contribution < -0.4 is 4.74 Å². The number of fused-ring (bicyclic) bond motifs is 1. The van der Waals surface area contributed by atoms with E-state index in [1.807, 2.05) is 19.2 Å². The van der Waals surface area contributed by atoms with Crippen LogP contribution in [0.3, 0.4) is 0 Å². The molecule has 2 aromatic rings. The molecule has 158 valence electrons. The number of rotatable bonds is 6. The average molecular weight is 410 g/mol. The molecule has 1 fully saturated rings. The predicted octanol–water partition coefficient (Wildman–Crippen LogP) is 4.58. The first kappa shape index (κ1) is 20.5. The molecule has 6 heteroatoms. The largest absolute Gasteiger partial charge is 0.462 e. The Bertz CT molecular complexity index is 908. The fourth-order valence-corrected chi connectivity index (χ4v) is 4.24. The molecule has 1 saturated heterocycles. The molecule has 30 heavy (non-hydrogen) atoms. The predicted molar refractivity (Wildman–Crippen MR) is 114 cm³/mol. The van der Waals surface area contributed by atoms with E-state index in [2.05, 4.69) is 22.0 Å². The van der Waals surface area contributed by atoms with Crippen molar-refractivity contribution in [1.82, 2.24) is 14.8 Å². The topological polar surface area (TPSA) is 45.7 Å². The Labute approximate surface area is 177 Å². The molecule has 2 aliphatic heterocycles. The summed E-state index contributed by atoms with van der Waals surface area (Å²) in [5.41, 5.74) is 2.23. The number of amides is 1. The molecule has 1 aromatic carbocycles. The van der Waals surface area contributed by atoms with Crippen LogP contribution >= 0.6 is 0 Å². The minimum Gasteiger partial charge on any atom is -0.462 e. The summed E-state index contributed by atoms with van der Waals surface area (Å²) in [6, 6.07) is 10.2. The highest BCUT2D eigenvalue weighted by Gasteiger charge is 2.25. The number of likely N-dealkylation sites (tertiary alicyclic amines) is 1. The van der Waals surface area contributed by atoms with Gasteiger partial charge in [-0.15, -0.1) is 0 Å². The molecule has 0 unspecified atom stereocenters. The zero-order valence-corrected chi connectivity index (χ0v) is 17.4. The number of carbonyl (C=O) groups excluding carboxylic acids is 1. The fraction of sp³-hybridized carbons (Fsp3) is 0.417. The van der Waals surface area contributed by atoms with Crippen LogP contribution in [0.25, 0.3) is 0 Å². The minimum absolute atomic E-state index is 0.202. The summed E-state index contributed by atoms with van der Waals surface area (Å²) in [6.07, 6.45) is 7.64. The van der Waals surface area contributed by atoms with E-state index < -0.39 is 5.82 Å². The zero-order valence-electron chi connectivity index (χ0n) is 17.4. The summed E-state index contributed by atoms with van der Waals surface area (Å²) in [6.45, 7) is 5.65. The molecule has 0 saturated carbocycles. The summed E-state index contributed by atoms with van der Waals surface area (Å²) in [5.74, 6) is 0.329. The van der Waals surface area contributed by atoms with E-state index in [4.69, 9.17) is 4.74 Å². The molecule has 5 nitrogen and oxygen atoms in total. The second-order valence-electron chi connectivity index (χ2n) is 8.05. The van der Waals surface area contributed by atoms with E-state index in [0.717, 1.165) is 51.0 Å². The van der Waals surface area contributed by atoms with E-state index in [1.54, 1.807) is 11.2 Å². The number of ether oxygens (including phenoxy) is 1. The lowest BCUT2D eigenvalue weighted by molar-refractivity contribution is 0.0803. The monoisotopic (exact) mass is 409 g/mol. The second-order valence-corrected chi connectivity index (χ2v) is 8.05. The van der Waals surface area contributed by atoms with Gasteiger partial charge < -0.3 is 14.5 Å². The van der Waals surface area contributed by atoms with Gasteiger partial charge >= 0.3 is 0 Å². The Hall–Kier alpha value is -2.73. The summed E-state index contributed by atoms with van der Waals surface area (Å²) < 4.78 is 19.2. The zero-order chi connectivity index (χ0) is 20.9. The number of benzene rings is 1. The molecular weight excluding hydrogens is 381 g/mol. The molecule has 2 aliphatic rings. The number of aromatic nitrogens is 1. The fourth-order valence-electron chi connectivity index (χ4n) is 4.24. The number of pyridine rings is 1. The summed E-state index contributed by atoms with van der Waals surface area (Å²) in [4.78, 5) is 21.6. The third kappa shape index (κ3) is 4.70. The number of nitrogens with zero attached hydrogens (tertiary/aromatic N) is 3. The molecule has 0 radical (unpaired) electrons. The first-order valence-corrected chi connectivity index (χ1v) is 10.7. The molecule has 3 heterocycles. The highest BCUT2D eigenvalue weighted by atomic mass is 19.1. The van der Waals surface area contributed by atoms with Crippen molar-refractivity contribution in [2.24, 2.45) is 0 Å². The van der Waals surface area contributed by atoms with Crippen LogP contribution in [0.1, 0.15) is 54.6 Å². The molecule has 1 amide bonds. The highest BCUT2D eigenvalue weighted by Crippen LogP contribution is 2.28. The van der Waals surface area contributed by atoms with Crippen LogP contribution in [-0.4, -0.2) is 46.9 Å². The molecule has 0 bridgehead atoms. The van der Waals surface area contributed by atoms with Crippen molar-refractivity contribution >= 4 is 5.91 Å². The van der Waals surface area contributed by atoms with Crippen LogP contribution in [-0.2, 0) is 0 Å². The molecule has 0 N–H and O–H groups in total. The normalized spacial score (nSPS) is 17.9. The van der Waals surface area contributed by atoms with Gasteiger partial charge in [0.25, 0.3) is 5.91 Å². The molecule has 1 aromatic heterocycles. The van der Waals surface area contributed by atoms with Crippen LogP contribution in [0.15, 0.2) is 54.6 Å². The van der Waals surface area contributed by atoms with E-state index >= 15 is 0 Å². The number of piperidine rings is 1. The molecule has 0 aliphatic carbocycles. The lowest BCUT2D eigenvalue weighted by atomic mass is 9.93. The summed E-state index contributed by atoms with van der Waals surface area (Å²) >= 11 is 0. The first-order chi connectivity index (χ1) is 14.6. The summed E-state index contributed by atoms with van der Waals surface area (Å²) in [5, 5.41) is 0. The Morgan fingerprint density at radius 1 is 1.13 bits per heavy atom. The maximum Gasteiger partial charge on any atom is 0.262 e. The van der Waals surface area contributed by atoms with Gasteiger partial charge in [-0.25, -0.2) is 4.39 Å². The van der Waals surface area contributed by atoms with E-state index in [9.17, 15) is 9.18 Å². The number of hydrogen-bond donors (Lipinski definition) is 0. The van der Waals surface area contributed by atoms with Gasteiger partial charge in [0.05, 0.1) is 11.3 Å². The van der Waals surface area contributed by atoms with Gasteiger partial charge in [-0.1, -0.05) is 6.07 Å². The smallest absolute Gasteiger partial charge is 0.262 e. The van der Waals surface area contributed by atoms with Crippen molar-refractivity contribution in [2.75, 3.05) is 26.2 Å². The molecule has 0 atom stereocenters. The summed E-state index contributed by atoms with van der Waals surface area (Å²) in [7, 11) is 0. The van der Waals surface area contributed by atoms with Crippen LogP contribution in [0.2, 0.25) is 0 Å². The van der Waals surface area contributed by atoms with Crippen LogP contribution in [0.5, 0.6) is 5.75 Å². The highest BCUT2D eigenvalue weighted by molar-refractivity contribution is 5.98. The van der Waals surface area contributed by atoms with Gasteiger partial charge in [-0.05, 0) is 82.6 Å². The van der Waals surface area contributed by atoms with Gasteiger partial charge in [0.1, 0.15) is 17.8 Å². The van der Waals surface area contributed by atoms with Crippen molar-refractivity contribution in [2.45, 2.75) is 38.5 Å². The average Bonchev–Trinajstić information content (AvgIpc) is 2.89. The Kier molecular flexibility index (Phi) is 6.43. The number of hydrogen-bond acceptors (Lipinski definition) is 4. The van der Waals surface area contributed by atoms with E-state index in [-0.39, 0.29) is 11.5 Å². The number of halogens is 1. The third-order valence-electron chi connectivity index (χ3n) is 6.00. The van der Waals surface area contributed by atoms with Gasteiger partial charge in [0.2, 0.25) is 0 Å². The quantitative estimate of drug-likeness (QED) is 0.656. The lowest BCUT2D eigenvalue weighted by Gasteiger charge is -2.31. The minimum atomic E-state index is -0.431. The third-order valence-corrected chi connectivity index (χ3v) is 6.00. The standard InChI is InChI=1S/C24H28FN3O2/c1-18-17-30-23-8-7-20(25)16-21(23)24(29)28(18)13-5-4-12-27-14-9-19(10-15-27)22-6-2-3-11-26-22/h2-3,6-8,11,16-17,19H,4-5,9-10,12-15H2,1H3. The van der Waals surface area contributed by atoms with Gasteiger partial charge in [-0.3, -0.25) is 9.78 Å². The van der Waals surface area contributed by atoms with Crippen molar-refractivity contribution in [3.05, 3.63) is 71.6 Å². The number of carbonyl (C=O) groups is 1. The van der Waals surface area contributed by atoms with Crippen molar-refractivity contribution in [3.63, 3.8) is 0 Å². The Morgan fingerprint density at radius 2 is 1.93 bits per heavy atom. The molecular formula is C24H28FN3O2. The van der Waals surface area contributed by atoms with Crippen LogP contribution in [0, 0.1) is 5.82 Å². The Morgan fingerprint density at radius 3 is 2.70 bits per heavy atom. The van der Waals surface area contributed by atoms with E-state index in [0.29, 0.717) is 18.2 Å². The van der Waals surface area contributed by atoms with Crippen LogP contribution in [0.4, 0.5) is 4.39 Å². The SMILES string of the molecule is CC1=COc2ccc(F)cc2C(=O)N1CCCCN1CCC(c2ccccn2)CC1. The van der Waals surface area contributed by atoms with Crippen molar-refractivity contribution in [1.29, 1.82) is 0 Å². The maximum absolute atomic E-state index is 13.6. The molecule has 0 spiro atoms. The van der Waals surface area contributed by atoms with Gasteiger partial charge in [0.15, 0.2) is 0 Å². The Balaban J connectivity index is 1.25. The lowest BCUT2D eigenvalue weighted by Crippen LogP contribution is -2.34. The number of unbranched alkanes of at least 4 members (excludes halogenated alkanes) is 1. The second kappa shape index (κ2) is 9.39. The van der Waals surface area contributed by atoms with Crippen molar-refractivity contribution in [3.8, 4) is 5.75 Å². The van der Waals surface area contributed by atoms with E-state index in [1.165, 1.54) is 23.9 Å². The van der Waals surface area contributed by atoms with Gasteiger partial charge in [0, 0.05) is 24.4 Å². The number of allylic oxidation sites excluding steroid dienone is 1. The maximum atomic E-state index is 13.6. The van der Waals surface area contributed by atoms with Gasteiger partial charge in [-0.2, -0.15) is 0 Å². The molecule has 4 rings (SSSR count).